The molecule has 0 amide bonds. The van der Waals surface area contributed by atoms with Crippen molar-refractivity contribution >= 4 is 52.0 Å². The summed E-state index contributed by atoms with van der Waals surface area (Å²) < 4.78 is 0. The molecule has 1 aliphatic rings. The molecule has 0 bridgehead atoms. The first-order valence-electron chi connectivity index (χ1n) is 5.59. The highest BCUT2D eigenvalue weighted by Gasteiger charge is 2.36. The van der Waals surface area contributed by atoms with Crippen LogP contribution in [0.2, 0.25) is 5.02 Å². The SMILES string of the molecule is Cc1cc(Cl)c(C)nc1N1C(=S)C(C)N(C)C1=S. The summed E-state index contributed by atoms with van der Waals surface area (Å²) in [4.78, 5) is 9.12. The van der Waals surface area contributed by atoms with E-state index in [1.807, 2.05) is 43.7 Å². The van der Waals surface area contributed by atoms with E-state index in [1.54, 1.807) is 0 Å². The molecule has 1 fully saturated rings. The van der Waals surface area contributed by atoms with Crippen LogP contribution < -0.4 is 4.90 Å². The fourth-order valence-corrected chi connectivity index (χ4v) is 2.79. The van der Waals surface area contributed by atoms with E-state index in [9.17, 15) is 0 Å². The summed E-state index contributed by atoms with van der Waals surface area (Å²) in [5.74, 6) is 0.781. The highest BCUT2D eigenvalue weighted by Crippen LogP contribution is 2.29. The first kappa shape index (κ1) is 13.6. The minimum Gasteiger partial charge on any atom is -0.342 e. The quantitative estimate of drug-likeness (QED) is 0.740. The Hall–Kier alpha value is -0.780. The van der Waals surface area contributed by atoms with Gasteiger partial charge in [0.25, 0.3) is 0 Å². The van der Waals surface area contributed by atoms with Crippen LogP contribution in [0, 0.1) is 13.8 Å². The van der Waals surface area contributed by atoms with Gasteiger partial charge in [0.05, 0.1) is 16.8 Å². The number of hydrogen-bond acceptors (Lipinski definition) is 3. The molecule has 18 heavy (non-hydrogen) atoms. The smallest absolute Gasteiger partial charge is 0.182 e. The average molecular weight is 300 g/mol. The van der Waals surface area contributed by atoms with Crippen LogP contribution in [0.5, 0.6) is 0 Å². The van der Waals surface area contributed by atoms with Gasteiger partial charge in [0.15, 0.2) is 5.11 Å². The molecule has 1 aliphatic heterocycles. The highest BCUT2D eigenvalue weighted by atomic mass is 35.5. The van der Waals surface area contributed by atoms with Crippen LogP contribution >= 0.6 is 36.0 Å². The largest absolute Gasteiger partial charge is 0.342 e. The average Bonchev–Trinajstić information content (AvgIpc) is 2.50. The fraction of sp³-hybridized carbons (Fsp3) is 0.417. The molecule has 96 valence electrons. The van der Waals surface area contributed by atoms with E-state index in [2.05, 4.69) is 4.98 Å². The molecular weight excluding hydrogens is 286 g/mol. The second-order valence-corrected chi connectivity index (χ2v) is 5.63. The van der Waals surface area contributed by atoms with Gasteiger partial charge in [-0.15, -0.1) is 0 Å². The van der Waals surface area contributed by atoms with E-state index >= 15 is 0 Å². The van der Waals surface area contributed by atoms with Crippen LogP contribution in [-0.4, -0.2) is 33.1 Å². The van der Waals surface area contributed by atoms with E-state index in [1.165, 1.54) is 0 Å². The van der Waals surface area contributed by atoms with E-state index in [4.69, 9.17) is 36.0 Å². The molecule has 1 atom stereocenters. The second kappa shape index (κ2) is 4.72. The second-order valence-electron chi connectivity index (χ2n) is 4.44. The van der Waals surface area contributed by atoms with Crippen LogP contribution in [0.4, 0.5) is 5.82 Å². The number of anilines is 1. The molecular formula is C12H14ClN3S2. The third-order valence-electron chi connectivity index (χ3n) is 3.18. The van der Waals surface area contributed by atoms with E-state index in [0.717, 1.165) is 22.1 Å². The Labute approximate surface area is 123 Å². The van der Waals surface area contributed by atoms with Gasteiger partial charge in [-0.3, -0.25) is 4.90 Å². The Bertz CT molecular complexity index is 524. The van der Waals surface area contributed by atoms with Crippen LogP contribution in [0.15, 0.2) is 6.07 Å². The molecule has 2 rings (SSSR count). The van der Waals surface area contributed by atoms with Crippen molar-refractivity contribution in [1.29, 1.82) is 0 Å². The maximum atomic E-state index is 6.07. The minimum atomic E-state index is 0.115. The lowest BCUT2D eigenvalue weighted by Crippen LogP contribution is -2.32. The Morgan fingerprint density at radius 2 is 1.94 bits per heavy atom. The molecule has 3 nitrogen and oxygen atoms in total. The molecule has 0 N–H and O–H groups in total. The molecule has 1 aromatic rings. The van der Waals surface area contributed by atoms with Gasteiger partial charge in [-0.2, -0.15) is 0 Å². The van der Waals surface area contributed by atoms with Gasteiger partial charge in [-0.1, -0.05) is 23.8 Å². The Kier molecular flexibility index (Phi) is 3.58. The first-order valence-corrected chi connectivity index (χ1v) is 6.78. The van der Waals surface area contributed by atoms with E-state index < -0.39 is 0 Å². The molecule has 1 unspecified atom stereocenters. The van der Waals surface area contributed by atoms with Crippen molar-refractivity contribution in [3.05, 3.63) is 22.3 Å². The molecule has 2 heterocycles. The molecule has 0 radical (unpaired) electrons. The van der Waals surface area contributed by atoms with Gasteiger partial charge in [-0.05, 0) is 44.6 Å². The predicted octanol–water partition coefficient (Wildman–Crippen LogP) is 3.10. The van der Waals surface area contributed by atoms with Gasteiger partial charge < -0.3 is 4.90 Å². The maximum absolute atomic E-state index is 6.07. The first-order chi connectivity index (χ1) is 8.34. The molecule has 0 saturated carbocycles. The molecule has 0 aliphatic carbocycles. The number of aromatic nitrogens is 1. The zero-order valence-electron chi connectivity index (χ0n) is 10.7. The van der Waals surface area contributed by atoms with Gasteiger partial charge in [-0.25, -0.2) is 4.98 Å². The molecule has 1 aromatic heterocycles. The van der Waals surface area contributed by atoms with Crippen LogP contribution in [0.3, 0.4) is 0 Å². The van der Waals surface area contributed by atoms with Crippen LogP contribution in [-0.2, 0) is 0 Å². The van der Waals surface area contributed by atoms with Crippen molar-refractivity contribution in [2.45, 2.75) is 26.8 Å². The lowest BCUT2D eigenvalue weighted by molar-refractivity contribution is 0.502. The number of aryl methyl sites for hydroxylation is 2. The third kappa shape index (κ3) is 2.00. The van der Waals surface area contributed by atoms with Crippen molar-refractivity contribution in [3.8, 4) is 0 Å². The van der Waals surface area contributed by atoms with Gasteiger partial charge in [0.2, 0.25) is 0 Å². The highest BCUT2D eigenvalue weighted by molar-refractivity contribution is 7.82. The fourth-order valence-electron chi connectivity index (χ4n) is 1.85. The predicted molar refractivity (Wildman–Crippen MR) is 83.6 cm³/mol. The summed E-state index contributed by atoms with van der Waals surface area (Å²) in [6.45, 7) is 5.87. The van der Waals surface area contributed by atoms with Crippen molar-refractivity contribution in [2.75, 3.05) is 11.9 Å². The molecule has 6 heteroatoms. The maximum Gasteiger partial charge on any atom is 0.182 e. The van der Waals surface area contributed by atoms with Crippen LogP contribution in [0.1, 0.15) is 18.2 Å². The van der Waals surface area contributed by atoms with E-state index in [0.29, 0.717) is 10.1 Å². The Morgan fingerprint density at radius 1 is 1.33 bits per heavy atom. The number of likely N-dealkylation sites (N-methyl/N-ethyl adjacent to an activating group) is 1. The van der Waals surface area contributed by atoms with Crippen molar-refractivity contribution in [1.82, 2.24) is 9.88 Å². The zero-order chi connectivity index (χ0) is 13.6. The van der Waals surface area contributed by atoms with Crippen molar-refractivity contribution < 1.29 is 0 Å². The standard InChI is InChI=1S/C12H14ClN3S2/c1-6-5-9(13)7(2)14-10(6)16-11(17)8(3)15(4)12(16)18/h5,8H,1-4H3. The number of pyridine rings is 1. The van der Waals surface area contributed by atoms with Crippen molar-refractivity contribution in [2.24, 2.45) is 0 Å². The summed E-state index contributed by atoms with van der Waals surface area (Å²) in [5, 5.41) is 1.35. The Balaban J connectivity index is 2.53. The summed E-state index contributed by atoms with van der Waals surface area (Å²) in [6, 6.07) is 2.01. The zero-order valence-corrected chi connectivity index (χ0v) is 13.1. The number of rotatable bonds is 1. The van der Waals surface area contributed by atoms with Gasteiger partial charge >= 0.3 is 0 Å². The van der Waals surface area contributed by atoms with Crippen molar-refractivity contribution in [3.63, 3.8) is 0 Å². The number of hydrogen-bond donors (Lipinski definition) is 0. The lowest BCUT2D eigenvalue weighted by Gasteiger charge is -2.20. The number of halogens is 1. The summed E-state index contributed by atoms with van der Waals surface area (Å²) in [7, 11) is 1.94. The normalized spacial score (nSPS) is 19.9. The molecule has 1 saturated heterocycles. The third-order valence-corrected chi connectivity index (χ3v) is 4.56. The summed E-state index contributed by atoms with van der Waals surface area (Å²) >= 11 is 17.0. The topological polar surface area (TPSA) is 19.4 Å². The minimum absolute atomic E-state index is 0.115. The number of thiocarbonyl (C=S) groups is 2. The summed E-state index contributed by atoms with van der Waals surface area (Å²) in [5.41, 5.74) is 1.75. The number of nitrogens with zero attached hydrogens (tertiary/aromatic N) is 3. The van der Waals surface area contributed by atoms with Gasteiger partial charge in [0, 0.05) is 7.05 Å². The van der Waals surface area contributed by atoms with Crippen LogP contribution in [0.25, 0.3) is 0 Å². The molecule has 0 spiro atoms. The van der Waals surface area contributed by atoms with Gasteiger partial charge in [0.1, 0.15) is 10.8 Å². The lowest BCUT2D eigenvalue weighted by atomic mass is 10.2. The summed E-state index contributed by atoms with van der Waals surface area (Å²) in [6.07, 6.45) is 0. The molecule has 0 aromatic carbocycles. The monoisotopic (exact) mass is 299 g/mol. The Morgan fingerprint density at radius 3 is 2.44 bits per heavy atom. The van der Waals surface area contributed by atoms with E-state index in [-0.39, 0.29) is 6.04 Å².